The van der Waals surface area contributed by atoms with Gasteiger partial charge in [-0.1, -0.05) is 6.92 Å². The van der Waals surface area contributed by atoms with Crippen molar-refractivity contribution in [3.8, 4) is 0 Å². The highest BCUT2D eigenvalue weighted by atomic mass is 19.2. The van der Waals surface area contributed by atoms with Crippen molar-refractivity contribution in [2.24, 2.45) is 0 Å². The molecule has 2 aromatic rings. The first kappa shape index (κ1) is 18.2. The van der Waals surface area contributed by atoms with Crippen LogP contribution in [0.3, 0.4) is 0 Å². The first-order valence-corrected chi connectivity index (χ1v) is 8.37. The van der Waals surface area contributed by atoms with Crippen LogP contribution in [0.2, 0.25) is 0 Å². The van der Waals surface area contributed by atoms with Crippen molar-refractivity contribution in [1.82, 2.24) is 14.8 Å². The van der Waals surface area contributed by atoms with E-state index in [-0.39, 0.29) is 17.4 Å². The molecule has 0 saturated carbocycles. The third-order valence-electron chi connectivity index (χ3n) is 4.42. The molecule has 5 nitrogen and oxygen atoms in total. The quantitative estimate of drug-likeness (QED) is 0.848. The lowest BCUT2D eigenvalue weighted by Gasteiger charge is -2.34. The van der Waals surface area contributed by atoms with Crippen molar-refractivity contribution in [2.45, 2.75) is 6.92 Å². The monoisotopic (exact) mass is 364 g/mol. The Morgan fingerprint density at radius 2 is 1.81 bits per heavy atom. The summed E-state index contributed by atoms with van der Waals surface area (Å²) in [5.41, 5.74) is 0.192. The molecule has 1 aromatic heterocycles. The maximum atomic E-state index is 13.7. The third-order valence-corrected chi connectivity index (χ3v) is 4.42. The van der Waals surface area contributed by atoms with Crippen LogP contribution in [0.4, 0.5) is 24.7 Å². The zero-order valence-corrected chi connectivity index (χ0v) is 14.3. The van der Waals surface area contributed by atoms with E-state index in [1.54, 1.807) is 11.0 Å². The molecule has 1 aliphatic heterocycles. The first-order valence-electron chi connectivity index (χ1n) is 8.37. The van der Waals surface area contributed by atoms with Gasteiger partial charge in [0, 0.05) is 32.4 Å². The molecule has 0 spiro atoms. The number of carbonyl (C=O) groups excluding carboxylic acids is 1. The second-order valence-electron chi connectivity index (χ2n) is 6.01. The number of anilines is 2. The summed E-state index contributed by atoms with van der Waals surface area (Å²) < 4.78 is 39.9. The van der Waals surface area contributed by atoms with Crippen molar-refractivity contribution < 1.29 is 18.0 Å². The minimum atomic E-state index is -1.55. The fourth-order valence-electron chi connectivity index (χ4n) is 2.80. The zero-order chi connectivity index (χ0) is 18.7. The highest BCUT2D eigenvalue weighted by Crippen LogP contribution is 2.22. The maximum absolute atomic E-state index is 13.7. The topological polar surface area (TPSA) is 48.5 Å². The van der Waals surface area contributed by atoms with Gasteiger partial charge >= 0.3 is 0 Å². The predicted molar refractivity (Wildman–Crippen MR) is 91.9 cm³/mol. The summed E-state index contributed by atoms with van der Waals surface area (Å²) >= 11 is 0. The van der Waals surface area contributed by atoms with Gasteiger partial charge in [0.1, 0.15) is 5.82 Å². The van der Waals surface area contributed by atoms with E-state index in [0.717, 1.165) is 31.8 Å². The van der Waals surface area contributed by atoms with Gasteiger partial charge in [0.15, 0.2) is 17.5 Å². The Hall–Kier alpha value is -2.61. The molecule has 1 N–H and O–H groups in total. The summed E-state index contributed by atoms with van der Waals surface area (Å²) in [5, 5.41) is 2.57. The Morgan fingerprint density at radius 1 is 1.08 bits per heavy atom. The lowest BCUT2D eigenvalue weighted by molar-refractivity contribution is 0.0643. The van der Waals surface area contributed by atoms with E-state index >= 15 is 0 Å². The van der Waals surface area contributed by atoms with Crippen molar-refractivity contribution >= 4 is 17.4 Å². The summed E-state index contributed by atoms with van der Waals surface area (Å²) in [5.74, 6) is -4.01. The normalized spacial score (nSPS) is 15.2. The largest absolute Gasteiger partial charge is 0.338 e. The molecule has 0 aliphatic carbocycles. The number of benzene rings is 1. The summed E-state index contributed by atoms with van der Waals surface area (Å²) in [4.78, 5) is 20.6. The molecule has 26 heavy (non-hydrogen) atoms. The number of piperazine rings is 1. The third kappa shape index (κ3) is 3.80. The molecule has 138 valence electrons. The summed E-state index contributed by atoms with van der Waals surface area (Å²) in [6, 6.07) is 4.98. The molecule has 1 amide bonds. The van der Waals surface area contributed by atoms with E-state index in [2.05, 4.69) is 22.1 Å². The number of nitrogens with zero attached hydrogens (tertiary/aromatic N) is 3. The van der Waals surface area contributed by atoms with Crippen LogP contribution in [0.25, 0.3) is 0 Å². The standard InChI is InChI=1S/C18H19F3N4O/c1-2-24-7-9-25(10-8-24)18(26)12-3-6-15(22-11-12)23-14-5-4-13(19)16(20)17(14)21/h3-6,11H,2,7-10H2,1H3,(H,22,23). The number of rotatable bonds is 4. The highest BCUT2D eigenvalue weighted by molar-refractivity contribution is 5.94. The smallest absolute Gasteiger partial charge is 0.255 e. The van der Waals surface area contributed by atoms with Crippen LogP contribution in [-0.2, 0) is 0 Å². The molecular formula is C18H19F3N4O. The van der Waals surface area contributed by atoms with Gasteiger partial charge in [-0.15, -0.1) is 0 Å². The van der Waals surface area contributed by atoms with E-state index in [4.69, 9.17) is 0 Å². The van der Waals surface area contributed by atoms with Crippen molar-refractivity contribution in [3.05, 3.63) is 53.5 Å². The molecule has 1 aliphatic rings. The van der Waals surface area contributed by atoms with Gasteiger partial charge in [0.25, 0.3) is 5.91 Å². The van der Waals surface area contributed by atoms with E-state index in [1.807, 2.05) is 0 Å². The maximum Gasteiger partial charge on any atom is 0.255 e. The Morgan fingerprint density at radius 3 is 2.42 bits per heavy atom. The second-order valence-corrected chi connectivity index (χ2v) is 6.01. The number of amides is 1. The molecule has 0 unspecified atom stereocenters. The van der Waals surface area contributed by atoms with Crippen LogP contribution in [-0.4, -0.2) is 53.4 Å². The number of halogens is 3. The van der Waals surface area contributed by atoms with E-state index in [1.165, 1.54) is 12.3 Å². The Labute approximate surface area is 149 Å². The van der Waals surface area contributed by atoms with Gasteiger partial charge < -0.3 is 15.1 Å². The van der Waals surface area contributed by atoms with E-state index in [0.29, 0.717) is 18.7 Å². The van der Waals surface area contributed by atoms with Gasteiger partial charge in [0.2, 0.25) is 0 Å². The summed E-state index contributed by atoms with van der Waals surface area (Å²) in [6.07, 6.45) is 1.38. The lowest BCUT2D eigenvalue weighted by atomic mass is 10.2. The lowest BCUT2D eigenvalue weighted by Crippen LogP contribution is -2.48. The molecular weight excluding hydrogens is 345 g/mol. The van der Waals surface area contributed by atoms with Crippen LogP contribution < -0.4 is 5.32 Å². The fourth-order valence-corrected chi connectivity index (χ4v) is 2.80. The van der Waals surface area contributed by atoms with Gasteiger partial charge in [0.05, 0.1) is 11.3 Å². The van der Waals surface area contributed by atoms with E-state index in [9.17, 15) is 18.0 Å². The van der Waals surface area contributed by atoms with Crippen LogP contribution in [0.15, 0.2) is 30.5 Å². The summed E-state index contributed by atoms with van der Waals surface area (Å²) in [6.45, 7) is 6.04. The fraction of sp³-hybridized carbons (Fsp3) is 0.333. The molecule has 1 saturated heterocycles. The second kappa shape index (κ2) is 7.74. The molecule has 2 heterocycles. The average molecular weight is 364 g/mol. The van der Waals surface area contributed by atoms with Crippen LogP contribution >= 0.6 is 0 Å². The predicted octanol–water partition coefficient (Wildman–Crippen LogP) is 3.02. The minimum Gasteiger partial charge on any atom is -0.338 e. The Balaban J connectivity index is 1.67. The SMILES string of the molecule is CCN1CCN(C(=O)c2ccc(Nc3ccc(F)c(F)c3F)nc2)CC1. The van der Waals surface area contributed by atoms with Gasteiger partial charge in [-0.2, -0.15) is 0 Å². The molecule has 1 fully saturated rings. The van der Waals surface area contributed by atoms with E-state index < -0.39 is 17.5 Å². The average Bonchev–Trinajstić information content (AvgIpc) is 2.68. The molecule has 0 bridgehead atoms. The minimum absolute atomic E-state index is 0.112. The molecule has 0 atom stereocenters. The first-order chi connectivity index (χ1) is 12.5. The number of hydrogen-bond donors (Lipinski definition) is 1. The molecule has 3 rings (SSSR count). The Kier molecular flexibility index (Phi) is 5.41. The number of aromatic nitrogens is 1. The van der Waals surface area contributed by atoms with Crippen LogP contribution in [0.5, 0.6) is 0 Å². The van der Waals surface area contributed by atoms with Crippen molar-refractivity contribution in [3.63, 3.8) is 0 Å². The van der Waals surface area contributed by atoms with Gasteiger partial charge in [-0.25, -0.2) is 18.2 Å². The number of carbonyl (C=O) groups is 1. The zero-order valence-electron chi connectivity index (χ0n) is 14.3. The Bertz CT molecular complexity index is 790. The number of nitrogens with one attached hydrogen (secondary N) is 1. The van der Waals surface area contributed by atoms with Crippen molar-refractivity contribution in [1.29, 1.82) is 0 Å². The van der Waals surface area contributed by atoms with Crippen LogP contribution in [0.1, 0.15) is 17.3 Å². The number of hydrogen-bond acceptors (Lipinski definition) is 4. The molecule has 1 aromatic carbocycles. The van der Waals surface area contributed by atoms with Crippen molar-refractivity contribution in [2.75, 3.05) is 38.0 Å². The van der Waals surface area contributed by atoms with Gasteiger partial charge in [-0.05, 0) is 30.8 Å². The van der Waals surface area contributed by atoms with Gasteiger partial charge in [-0.3, -0.25) is 4.79 Å². The number of likely N-dealkylation sites (N-methyl/N-ethyl adjacent to an activating group) is 1. The highest BCUT2D eigenvalue weighted by Gasteiger charge is 2.21. The van der Waals surface area contributed by atoms with Crippen LogP contribution in [0, 0.1) is 17.5 Å². The number of pyridine rings is 1. The molecule has 8 heteroatoms. The summed E-state index contributed by atoms with van der Waals surface area (Å²) in [7, 11) is 0. The molecule has 0 radical (unpaired) electrons.